The number of halogens is 2. The van der Waals surface area contributed by atoms with Gasteiger partial charge in [0.25, 0.3) is 11.8 Å². The fraction of sp³-hybridized carbons (Fsp3) is 0.510. The molecule has 0 saturated carbocycles. The summed E-state index contributed by atoms with van der Waals surface area (Å²) in [5.41, 5.74) is 8.44. The zero-order chi connectivity index (χ0) is 85.8. The SMILES string of the molecule is CCCCCCc1cc(-c2cc3c(-c4cc(Cl)c(CC(CC)CCCC)s4)c4sc(-c5cc(CCCCCC)c(-c6cc(CCCCCC)c(-c7ccc(/C=C8/SC(=S)N(CCCCCC)C8=O)s7)s6)s5)cc4c(-c4cc(Cl)c(CC(CC)CCCC)s4)c3s2)sc1-c1cc(CCCCCC)c(-c2ccc(/C=C3\SC(=S)N(CCCCCC)C3=O)s2)s1. The first-order valence-electron chi connectivity index (χ1n) is 46.4. The zero-order valence-corrected chi connectivity index (χ0v) is 86.6. The van der Waals surface area contributed by atoms with Crippen LogP contribution in [0.3, 0.4) is 0 Å². The molecular weight excluding hydrogens is 1800 g/mol. The summed E-state index contributed by atoms with van der Waals surface area (Å²) >= 11 is 49.6. The molecule has 20 heteroatoms. The monoisotopic (exact) mass is 1930 g/mol. The van der Waals surface area contributed by atoms with E-state index in [-0.39, 0.29) is 11.8 Å². The lowest BCUT2D eigenvalue weighted by Crippen LogP contribution is -2.28. The zero-order valence-electron chi connectivity index (χ0n) is 73.7. The molecule has 13 rings (SSSR count). The van der Waals surface area contributed by atoms with Crippen LogP contribution in [0.5, 0.6) is 0 Å². The number of hydrogen-bond acceptors (Lipinski definition) is 16. The second-order valence-electron chi connectivity index (χ2n) is 33.8. The van der Waals surface area contributed by atoms with Gasteiger partial charge in [-0.1, -0.05) is 307 Å². The number of carbonyl (C=O) groups excluding carboxylic acids is 2. The maximum atomic E-state index is 13.9. The van der Waals surface area contributed by atoms with Crippen molar-refractivity contribution in [3.05, 3.63) is 134 Å². The molecule has 2 atom stereocenters. The minimum absolute atomic E-state index is 0.0512. The van der Waals surface area contributed by atoms with E-state index < -0.39 is 0 Å². The van der Waals surface area contributed by atoms with E-state index in [0.29, 0.717) is 33.6 Å². The summed E-state index contributed by atoms with van der Waals surface area (Å²) in [6.07, 6.45) is 48.0. The molecule has 654 valence electrons. The van der Waals surface area contributed by atoms with Gasteiger partial charge in [0.2, 0.25) is 0 Å². The van der Waals surface area contributed by atoms with Gasteiger partial charge in [-0.3, -0.25) is 19.4 Å². The summed E-state index contributed by atoms with van der Waals surface area (Å²) in [7, 11) is 0. The van der Waals surface area contributed by atoms with E-state index in [1.165, 1.54) is 284 Å². The van der Waals surface area contributed by atoms with Gasteiger partial charge in [-0.25, -0.2) is 0 Å². The Morgan fingerprint density at radius 2 is 0.656 bits per heavy atom. The van der Waals surface area contributed by atoms with Crippen molar-refractivity contribution in [2.75, 3.05) is 13.1 Å². The van der Waals surface area contributed by atoms with Crippen molar-refractivity contribution in [3.8, 4) is 79.4 Å². The lowest BCUT2D eigenvalue weighted by molar-refractivity contribution is -0.123. The summed E-state index contributed by atoms with van der Waals surface area (Å²) in [5.74, 6) is 1.25. The van der Waals surface area contributed by atoms with Crippen LogP contribution in [-0.4, -0.2) is 43.3 Å². The number of rotatable bonds is 52. The molecule has 1 aromatic carbocycles. The molecule has 12 heterocycles. The molecule has 0 N–H and O–H groups in total. The van der Waals surface area contributed by atoms with Crippen LogP contribution in [0.25, 0.3) is 112 Å². The summed E-state index contributed by atoms with van der Waals surface area (Å²) in [6.45, 7) is 24.5. The third-order valence-electron chi connectivity index (χ3n) is 24.3. The lowest BCUT2D eigenvalue weighted by Gasteiger charge is -2.13. The van der Waals surface area contributed by atoms with Crippen LogP contribution in [0.4, 0.5) is 0 Å². The Balaban J connectivity index is 0.967. The van der Waals surface area contributed by atoms with Crippen molar-refractivity contribution < 1.29 is 9.59 Å². The van der Waals surface area contributed by atoms with Crippen molar-refractivity contribution in [1.82, 2.24) is 9.80 Å². The third kappa shape index (κ3) is 24.0. The number of thioether (sulfide) groups is 2. The quantitative estimate of drug-likeness (QED) is 0.0215. The Morgan fingerprint density at radius 3 is 1.00 bits per heavy atom. The molecule has 0 radical (unpaired) electrons. The van der Waals surface area contributed by atoms with Crippen LogP contribution in [0.15, 0.2) is 82.6 Å². The molecule has 0 bridgehead atoms. The second kappa shape index (κ2) is 48.0. The number of nitrogens with zero attached hydrogens (tertiary/aromatic N) is 2. The van der Waals surface area contributed by atoms with E-state index in [2.05, 4.69) is 154 Å². The molecule has 2 aliphatic rings. The van der Waals surface area contributed by atoms with Crippen molar-refractivity contribution >= 4 is 237 Å². The van der Waals surface area contributed by atoms with Crippen LogP contribution in [0.2, 0.25) is 10.0 Å². The number of amides is 2. The molecule has 0 spiro atoms. The van der Waals surface area contributed by atoms with Gasteiger partial charge in [0, 0.05) is 132 Å². The molecule has 0 aliphatic carbocycles. The smallest absolute Gasteiger partial charge is 0.266 e. The fourth-order valence-corrected chi connectivity index (χ4v) is 33.1. The number of thiophene rings is 10. The van der Waals surface area contributed by atoms with Crippen molar-refractivity contribution in [3.63, 3.8) is 0 Å². The number of unbranched alkanes of at least 4 members (excludes halogenated alkanes) is 20. The Morgan fingerprint density at radius 1 is 0.336 bits per heavy atom. The van der Waals surface area contributed by atoms with E-state index in [1.807, 2.05) is 123 Å². The Kier molecular flexibility index (Phi) is 37.8. The standard InChI is InChI=1S/C102H126Cl2N2O2S14/c1-11-21-29-35-43-67-55-81(115-95(67)87-57-69(45-37-31-23-13-3)93(119-87)77-49-47-71(111-77)59-89-99(107)105(101(109)121-89)51-39-33-25-15-5)83-61-73-91(85-63-75(103)79(113-85)53-65(19-9)41-27-17-7)98-74(92(97(73)117-83)86-64-76(104)80(114-86)54-66(20-10)42-28-18-8)62-84(118-98)82-56-68(44-36-30-22-12-2)96(116-82)88-58-70(46-38-32-24-14-4)94(120-88)78-50-48-72(112-78)60-90-100(108)106(102(110)122-90)52-40-34-26-16-6/h47-50,55-66H,11-46,51-54H2,1-10H3/b89-59-,90-60+. The van der Waals surface area contributed by atoms with E-state index in [0.717, 1.165) is 145 Å². The van der Waals surface area contributed by atoms with Gasteiger partial charge in [-0.15, -0.1) is 113 Å². The van der Waals surface area contributed by atoms with Crippen molar-refractivity contribution in [2.45, 2.75) is 313 Å². The van der Waals surface area contributed by atoms with Crippen LogP contribution in [0, 0.1) is 11.8 Å². The molecule has 122 heavy (non-hydrogen) atoms. The maximum Gasteiger partial charge on any atom is 0.266 e. The Labute approximate surface area is 800 Å². The molecule has 11 aromatic rings. The molecule has 4 nitrogen and oxygen atoms in total. The highest BCUT2D eigenvalue weighted by atomic mass is 35.5. The van der Waals surface area contributed by atoms with Gasteiger partial charge in [-0.2, -0.15) is 0 Å². The predicted octanol–water partition coefficient (Wildman–Crippen LogP) is 38.8. The summed E-state index contributed by atoms with van der Waals surface area (Å²) < 4.78 is 4.02. The molecule has 2 fully saturated rings. The number of carbonyl (C=O) groups is 2. The van der Waals surface area contributed by atoms with Crippen LogP contribution < -0.4 is 0 Å². The van der Waals surface area contributed by atoms with Gasteiger partial charge >= 0.3 is 0 Å². The Bertz CT molecular complexity index is 4990. The molecule has 2 unspecified atom stereocenters. The molecular formula is C102H126Cl2N2O2S14. The van der Waals surface area contributed by atoms with Gasteiger partial charge in [0.15, 0.2) is 0 Å². The maximum absolute atomic E-state index is 13.9. The van der Waals surface area contributed by atoms with Crippen molar-refractivity contribution in [1.29, 1.82) is 0 Å². The highest BCUT2D eigenvalue weighted by molar-refractivity contribution is 8.27. The number of benzene rings is 1. The summed E-state index contributed by atoms with van der Waals surface area (Å²) in [6, 6.07) is 29.4. The lowest BCUT2D eigenvalue weighted by atomic mass is 9.95. The number of fused-ring (bicyclic) bond motifs is 2. The van der Waals surface area contributed by atoms with Gasteiger partial charge in [0.05, 0.1) is 19.9 Å². The first-order valence-corrected chi connectivity index (χ1v) is 57.7. The average Bonchev–Trinajstić information content (AvgIpc) is 1.55. The van der Waals surface area contributed by atoms with E-state index >= 15 is 0 Å². The number of hydrogen-bond donors (Lipinski definition) is 0. The number of aryl methyl sites for hydroxylation is 4. The van der Waals surface area contributed by atoms with Crippen LogP contribution in [-0.2, 0) is 48.1 Å². The first-order chi connectivity index (χ1) is 59.5. The average molecular weight is 1930 g/mol. The molecule has 2 amide bonds. The molecule has 2 aliphatic heterocycles. The van der Waals surface area contributed by atoms with Crippen LogP contribution in [0.1, 0.15) is 316 Å². The summed E-state index contributed by atoms with van der Waals surface area (Å²) in [4.78, 5) is 56.5. The Hall–Kier alpha value is -3.38. The topological polar surface area (TPSA) is 40.6 Å². The predicted molar refractivity (Wildman–Crippen MR) is 567 cm³/mol. The largest absolute Gasteiger partial charge is 0.293 e. The van der Waals surface area contributed by atoms with Gasteiger partial charge in [0.1, 0.15) is 8.64 Å². The number of thiocarbonyl (C=S) groups is 2. The van der Waals surface area contributed by atoms with Crippen molar-refractivity contribution in [2.24, 2.45) is 11.8 Å². The van der Waals surface area contributed by atoms with E-state index in [9.17, 15) is 9.59 Å². The second-order valence-corrected chi connectivity index (χ2v) is 48.7. The molecule has 10 aromatic heterocycles. The third-order valence-corrected chi connectivity index (χ3v) is 40.5. The van der Waals surface area contributed by atoms with Gasteiger partial charge < -0.3 is 0 Å². The molecule has 2 saturated heterocycles. The first kappa shape index (κ1) is 96.2. The van der Waals surface area contributed by atoms with Crippen LogP contribution >= 0.6 is 185 Å². The minimum atomic E-state index is 0.0512. The summed E-state index contributed by atoms with van der Waals surface area (Å²) in [5, 5.41) is 4.42. The fourth-order valence-electron chi connectivity index (χ4n) is 17.1. The highest BCUT2D eigenvalue weighted by Crippen LogP contribution is 2.59. The highest BCUT2D eigenvalue weighted by Gasteiger charge is 2.35. The normalized spacial score (nSPS) is 14.7. The minimum Gasteiger partial charge on any atom is -0.293 e. The van der Waals surface area contributed by atoms with Gasteiger partial charge in [-0.05, 0) is 196 Å². The van der Waals surface area contributed by atoms with E-state index in [4.69, 9.17) is 47.6 Å². The van der Waals surface area contributed by atoms with E-state index in [1.54, 1.807) is 0 Å².